The first-order valence-corrected chi connectivity index (χ1v) is 8.43. The number of hydrogen-bond donors (Lipinski definition) is 0. The smallest absolute Gasteiger partial charge is 0.271 e. The summed E-state index contributed by atoms with van der Waals surface area (Å²) in [6, 6.07) is 10.5. The topological polar surface area (TPSA) is 65.3 Å². The van der Waals surface area contributed by atoms with Crippen molar-refractivity contribution in [3.05, 3.63) is 68.9 Å². The summed E-state index contributed by atoms with van der Waals surface area (Å²) in [4.78, 5) is 14.9. The van der Waals surface area contributed by atoms with Gasteiger partial charge in [0.25, 0.3) is 5.69 Å². The molecule has 0 spiro atoms. The van der Waals surface area contributed by atoms with Gasteiger partial charge in [0.05, 0.1) is 15.5 Å². The molecule has 1 aromatic heterocycles. The van der Waals surface area contributed by atoms with Gasteiger partial charge in [0, 0.05) is 29.3 Å². The second kappa shape index (κ2) is 7.07. The van der Waals surface area contributed by atoms with E-state index in [1.54, 1.807) is 6.20 Å². The van der Waals surface area contributed by atoms with Gasteiger partial charge in [-0.15, -0.1) is 0 Å². The fraction of sp³-hybridized carbons (Fsp3) is 0.211. The highest BCUT2D eigenvalue weighted by Gasteiger charge is 2.17. The first kappa shape index (κ1) is 17.2. The third-order valence-electron chi connectivity index (χ3n) is 4.10. The molecule has 0 N–H and O–H groups in total. The number of benzene rings is 2. The van der Waals surface area contributed by atoms with E-state index in [4.69, 9.17) is 16.3 Å². The molecule has 0 aliphatic carbocycles. The monoisotopic (exact) mass is 356 g/mol. The number of rotatable bonds is 5. The lowest BCUT2D eigenvalue weighted by atomic mass is 10.1. The van der Waals surface area contributed by atoms with E-state index < -0.39 is 4.92 Å². The van der Waals surface area contributed by atoms with Gasteiger partial charge in [0.2, 0.25) is 0 Å². The van der Waals surface area contributed by atoms with Crippen LogP contribution in [-0.2, 0) is 12.8 Å². The van der Waals surface area contributed by atoms with E-state index in [0.29, 0.717) is 23.5 Å². The zero-order valence-electron chi connectivity index (χ0n) is 14.0. The molecular weight excluding hydrogens is 340 g/mol. The Labute approximate surface area is 150 Å². The molecule has 6 heteroatoms. The third kappa shape index (κ3) is 3.42. The maximum Gasteiger partial charge on any atom is 0.271 e. The highest BCUT2D eigenvalue weighted by atomic mass is 35.5. The largest absolute Gasteiger partial charge is 0.455 e. The quantitative estimate of drug-likeness (QED) is 0.433. The first-order chi connectivity index (χ1) is 12.0. The summed E-state index contributed by atoms with van der Waals surface area (Å²) in [6.45, 7) is 3.99. The number of aryl methyl sites for hydroxylation is 2. The van der Waals surface area contributed by atoms with E-state index in [1.165, 1.54) is 17.7 Å². The minimum atomic E-state index is -0.454. The first-order valence-electron chi connectivity index (χ1n) is 8.05. The molecule has 3 aromatic rings. The summed E-state index contributed by atoms with van der Waals surface area (Å²) in [5.74, 6) is 1.08. The van der Waals surface area contributed by atoms with Crippen molar-refractivity contribution in [2.75, 3.05) is 0 Å². The minimum Gasteiger partial charge on any atom is -0.455 e. The average Bonchev–Trinajstić information content (AvgIpc) is 2.62. The van der Waals surface area contributed by atoms with E-state index in [-0.39, 0.29) is 10.7 Å². The molecule has 0 saturated carbocycles. The number of halogens is 1. The van der Waals surface area contributed by atoms with E-state index in [9.17, 15) is 10.1 Å². The van der Waals surface area contributed by atoms with Gasteiger partial charge >= 0.3 is 0 Å². The number of ether oxygens (including phenoxy) is 1. The van der Waals surface area contributed by atoms with Gasteiger partial charge in [-0.05, 0) is 42.7 Å². The Morgan fingerprint density at radius 2 is 1.88 bits per heavy atom. The second-order valence-electron chi connectivity index (χ2n) is 5.63. The maximum atomic E-state index is 11.0. The molecule has 2 aromatic carbocycles. The molecule has 128 valence electrons. The summed E-state index contributed by atoms with van der Waals surface area (Å²) >= 11 is 6.24. The van der Waals surface area contributed by atoms with Gasteiger partial charge < -0.3 is 4.74 Å². The molecule has 3 rings (SSSR count). The van der Waals surface area contributed by atoms with Crippen molar-refractivity contribution >= 4 is 28.2 Å². The molecule has 0 amide bonds. The molecule has 0 bridgehead atoms. The normalized spacial score (nSPS) is 10.8. The molecule has 0 aliphatic heterocycles. The standard InChI is InChI=1S/C19H17ClN2O3/c1-3-12-7-8-21-18-6-5-15(11-16(12)18)25-19-13(4-2)9-14(22(23)24)10-17(19)20/h5-11H,3-4H2,1-2H3. The summed E-state index contributed by atoms with van der Waals surface area (Å²) in [5, 5.41) is 12.3. The number of nitro benzene ring substituents is 1. The van der Waals surface area contributed by atoms with Gasteiger partial charge in [0.1, 0.15) is 11.5 Å². The maximum absolute atomic E-state index is 11.0. The molecule has 1 heterocycles. The summed E-state index contributed by atoms with van der Waals surface area (Å²) in [7, 11) is 0. The van der Waals surface area contributed by atoms with Crippen molar-refractivity contribution in [3.63, 3.8) is 0 Å². The Balaban J connectivity index is 2.05. The fourth-order valence-electron chi connectivity index (χ4n) is 2.79. The minimum absolute atomic E-state index is 0.0369. The molecule has 5 nitrogen and oxygen atoms in total. The molecule has 25 heavy (non-hydrogen) atoms. The van der Waals surface area contributed by atoms with Crippen LogP contribution in [0.25, 0.3) is 10.9 Å². The van der Waals surface area contributed by atoms with Gasteiger partial charge in [-0.25, -0.2) is 0 Å². The van der Waals surface area contributed by atoms with Gasteiger partial charge in [-0.2, -0.15) is 0 Å². The molecule has 0 aliphatic rings. The molecule has 0 fully saturated rings. The zero-order chi connectivity index (χ0) is 18.0. The van der Waals surface area contributed by atoms with Crippen LogP contribution in [0.4, 0.5) is 5.69 Å². The van der Waals surface area contributed by atoms with E-state index in [2.05, 4.69) is 11.9 Å². The Hall–Kier alpha value is -2.66. The fourth-order valence-corrected chi connectivity index (χ4v) is 3.06. The van der Waals surface area contributed by atoms with Crippen LogP contribution in [0.1, 0.15) is 25.0 Å². The van der Waals surface area contributed by atoms with E-state index in [1.807, 2.05) is 31.2 Å². The Kier molecular flexibility index (Phi) is 4.86. The van der Waals surface area contributed by atoms with E-state index in [0.717, 1.165) is 17.3 Å². The highest BCUT2D eigenvalue weighted by Crippen LogP contribution is 2.37. The second-order valence-corrected chi connectivity index (χ2v) is 6.04. The Morgan fingerprint density at radius 3 is 2.56 bits per heavy atom. The van der Waals surface area contributed by atoms with Crippen molar-refractivity contribution in [2.24, 2.45) is 0 Å². The molecule has 0 unspecified atom stereocenters. The van der Waals surface area contributed by atoms with Crippen LogP contribution in [0.2, 0.25) is 5.02 Å². The Morgan fingerprint density at radius 1 is 1.12 bits per heavy atom. The van der Waals surface area contributed by atoms with Crippen LogP contribution >= 0.6 is 11.6 Å². The van der Waals surface area contributed by atoms with Crippen molar-refractivity contribution in [2.45, 2.75) is 26.7 Å². The third-order valence-corrected chi connectivity index (χ3v) is 4.38. The van der Waals surface area contributed by atoms with Crippen LogP contribution in [0.15, 0.2) is 42.6 Å². The predicted octanol–water partition coefficient (Wildman–Crippen LogP) is 5.71. The van der Waals surface area contributed by atoms with Crippen LogP contribution < -0.4 is 4.74 Å². The summed E-state index contributed by atoms with van der Waals surface area (Å²) < 4.78 is 5.99. The van der Waals surface area contributed by atoms with Crippen molar-refractivity contribution in [3.8, 4) is 11.5 Å². The highest BCUT2D eigenvalue weighted by molar-refractivity contribution is 6.32. The zero-order valence-corrected chi connectivity index (χ0v) is 14.7. The van der Waals surface area contributed by atoms with E-state index >= 15 is 0 Å². The summed E-state index contributed by atoms with van der Waals surface area (Å²) in [5.41, 5.74) is 2.74. The number of nitro groups is 1. The van der Waals surface area contributed by atoms with Crippen molar-refractivity contribution in [1.29, 1.82) is 0 Å². The lowest BCUT2D eigenvalue weighted by Gasteiger charge is -2.13. The van der Waals surface area contributed by atoms with Gasteiger partial charge in [-0.1, -0.05) is 25.4 Å². The lowest BCUT2D eigenvalue weighted by molar-refractivity contribution is -0.384. The van der Waals surface area contributed by atoms with Gasteiger partial charge in [0.15, 0.2) is 0 Å². The van der Waals surface area contributed by atoms with Crippen molar-refractivity contribution < 1.29 is 9.66 Å². The number of fused-ring (bicyclic) bond motifs is 1. The Bertz CT molecular complexity index is 957. The summed E-state index contributed by atoms with van der Waals surface area (Å²) in [6.07, 6.45) is 3.26. The molecule has 0 atom stereocenters. The number of non-ortho nitro benzene ring substituents is 1. The lowest BCUT2D eigenvalue weighted by Crippen LogP contribution is -1.96. The van der Waals surface area contributed by atoms with Crippen LogP contribution in [0.5, 0.6) is 11.5 Å². The molecule has 0 radical (unpaired) electrons. The average molecular weight is 357 g/mol. The van der Waals surface area contributed by atoms with Crippen molar-refractivity contribution in [1.82, 2.24) is 4.98 Å². The number of pyridine rings is 1. The van der Waals surface area contributed by atoms with Crippen LogP contribution in [-0.4, -0.2) is 9.91 Å². The van der Waals surface area contributed by atoms with Crippen LogP contribution in [0, 0.1) is 10.1 Å². The molecular formula is C19H17ClN2O3. The predicted molar refractivity (Wildman–Crippen MR) is 98.7 cm³/mol. The SMILES string of the molecule is CCc1cc([N+](=O)[O-])cc(Cl)c1Oc1ccc2nccc(CC)c2c1. The number of hydrogen-bond acceptors (Lipinski definition) is 4. The molecule has 0 saturated heterocycles. The van der Waals surface area contributed by atoms with Crippen LogP contribution in [0.3, 0.4) is 0 Å². The van der Waals surface area contributed by atoms with Gasteiger partial charge in [-0.3, -0.25) is 15.1 Å². The number of aromatic nitrogens is 1. The number of nitrogens with zero attached hydrogens (tertiary/aromatic N) is 2.